The maximum Gasteiger partial charge on any atom is 0.335 e. The Morgan fingerprint density at radius 1 is 0.789 bits per heavy atom. The summed E-state index contributed by atoms with van der Waals surface area (Å²) in [5.74, 6) is -0.393. The Morgan fingerprint density at radius 3 is 1.89 bits per heavy atom. The van der Waals surface area contributed by atoms with Crippen LogP contribution in [-0.2, 0) is 9.53 Å². The first-order valence-corrected chi connectivity index (χ1v) is 6.00. The van der Waals surface area contributed by atoms with Crippen molar-refractivity contribution in [1.29, 1.82) is 0 Å². The van der Waals surface area contributed by atoms with Crippen LogP contribution in [0.15, 0.2) is 73.0 Å². The molecule has 0 spiro atoms. The van der Waals surface area contributed by atoms with Gasteiger partial charge in [0.1, 0.15) is 0 Å². The van der Waals surface area contributed by atoms with E-state index in [0.717, 1.165) is 11.1 Å². The van der Waals surface area contributed by atoms with Gasteiger partial charge in [-0.05, 0) is 23.3 Å². The third-order valence-electron chi connectivity index (χ3n) is 2.46. The van der Waals surface area contributed by atoms with E-state index in [-0.39, 0.29) is 0 Å². The molecule has 0 aromatic heterocycles. The average Bonchev–Trinajstić information content (AvgIpc) is 2.47. The van der Waals surface area contributed by atoms with Crippen LogP contribution in [0.2, 0.25) is 0 Å². The lowest BCUT2D eigenvalue weighted by Gasteiger charge is -1.94. The zero-order valence-electron chi connectivity index (χ0n) is 10.4. The molecule has 0 aliphatic rings. The molecule has 0 fully saturated rings. The predicted molar refractivity (Wildman–Crippen MR) is 77.0 cm³/mol. The van der Waals surface area contributed by atoms with E-state index in [4.69, 9.17) is 4.74 Å². The zero-order valence-corrected chi connectivity index (χ0v) is 10.4. The summed E-state index contributed by atoms with van der Waals surface area (Å²) in [5, 5.41) is 0. The first-order chi connectivity index (χ1) is 9.34. The van der Waals surface area contributed by atoms with Crippen molar-refractivity contribution < 1.29 is 9.53 Å². The van der Waals surface area contributed by atoms with Crippen molar-refractivity contribution in [3.05, 3.63) is 84.1 Å². The molecule has 0 saturated carbocycles. The van der Waals surface area contributed by atoms with Gasteiger partial charge in [-0.1, -0.05) is 60.7 Å². The average molecular weight is 250 g/mol. The second-order valence-electron chi connectivity index (χ2n) is 3.89. The number of ether oxygens (including phenoxy) is 1. The van der Waals surface area contributed by atoms with E-state index in [1.54, 1.807) is 12.2 Å². The largest absolute Gasteiger partial charge is 0.431 e. The lowest BCUT2D eigenvalue weighted by molar-refractivity contribution is -0.132. The molecule has 2 aromatic carbocycles. The molecule has 0 bridgehead atoms. The Labute approximate surface area is 112 Å². The van der Waals surface area contributed by atoms with Gasteiger partial charge in [-0.15, -0.1) is 0 Å². The highest BCUT2D eigenvalue weighted by molar-refractivity contribution is 5.87. The van der Waals surface area contributed by atoms with Gasteiger partial charge in [0.25, 0.3) is 0 Å². The monoisotopic (exact) mass is 250 g/mol. The fourth-order valence-corrected chi connectivity index (χ4v) is 1.51. The fourth-order valence-electron chi connectivity index (χ4n) is 1.51. The molecule has 0 unspecified atom stereocenters. The molecule has 0 aliphatic carbocycles. The summed E-state index contributed by atoms with van der Waals surface area (Å²) in [7, 11) is 0. The number of carbonyl (C=O) groups is 1. The van der Waals surface area contributed by atoms with E-state index < -0.39 is 5.97 Å². The van der Waals surface area contributed by atoms with Crippen molar-refractivity contribution in [2.24, 2.45) is 0 Å². The molecule has 2 heteroatoms. The molecule has 0 saturated heterocycles. The summed E-state index contributed by atoms with van der Waals surface area (Å²) >= 11 is 0. The number of hydrogen-bond acceptors (Lipinski definition) is 2. The molecule has 0 heterocycles. The Hall–Kier alpha value is -2.61. The zero-order chi connectivity index (χ0) is 13.3. The molecule has 2 nitrogen and oxygen atoms in total. The van der Waals surface area contributed by atoms with Gasteiger partial charge in [-0.3, -0.25) is 0 Å². The predicted octanol–water partition coefficient (Wildman–Crippen LogP) is 3.91. The first kappa shape index (κ1) is 12.8. The number of esters is 1. The number of benzene rings is 2. The number of rotatable bonds is 4. The van der Waals surface area contributed by atoms with Crippen LogP contribution >= 0.6 is 0 Å². The summed E-state index contributed by atoms with van der Waals surface area (Å²) in [6, 6.07) is 19.3. The smallest absolute Gasteiger partial charge is 0.335 e. The number of hydrogen-bond donors (Lipinski definition) is 0. The highest BCUT2D eigenvalue weighted by Crippen LogP contribution is 2.03. The quantitative estimate of drug-likeness (QED) is 0.467. The molecule has 2 aromatic rings. The Balaban J connectivity index is 1.85. The van der Waals surface area contributed by atoms with Gasteiger partial charge in [-0.2, -0.15) is 0 Å². The standard InChI is InChI=1S/C17H14O2/c18-17(12-11-15-7-3-1-4-8-15)19-14-13-16-9-5-2-6-10-16/h1-14H/b12-11+,14-13?. The molecular formula is C17H14O2. The van der Waals surface area contributed by atoms with Gasteiger partial charge >= 0.3 is 5.97 Å². The fraction of sp³-hybridized carbons (Fsp3) is 0. The molecule has 94 valence electrons. The Kier molecular flexibility index (Phi) is 4.71. The van der Waals surface area contributed by atoms with Crippen LogP contribution in [0.5, 0.6) is 0 Å². The summed E-state index contributed by atoms with van der Waals surface area (Å²) < 4.78 is 4.96. The maximum absolute atomic E-state index is 11.4. The summed E-state index contributed by atoms with van der Waals surface area (Å²) in [4.78, 5) is 11.4. The second-order valence-corrected chi connectivity index (χ2v) is 3.89. The van der Waals surface area contributed by atoms with Gasteiger partial charge in [0, 0.05) is 6.08 Å². The Morgan fingerprint density at radius 2 is 1.32 bits per heavy atom. The first-order valence-electron chi connectivity index (χ1n) is 6.00. The molecule has 0 N–H and O–H groups in total. The van der Waals surface area contributed by atoms with Crippen LogP contribution in [-0.4, -0.2) is 5.97 Å². The van der Waals surface area contributed by atoms with Crippen LogP contribution in [0.25, 0.3) is 12.2 Å². The second kappa shape index (κ2) is 6.97. The summed E-state index contributed by atoms with van der Waals surface area (Å²) in [5.41, 5.74) is 1.95. The molecule has 2 rings (SSSR count). The van der Waals surface area contributed by atoms with Crippen LogP contribution in [0.4, 0.5) is 0 Å². The van der Waals surface area contributed by atoms with Crippen LogP contribution in [0.3, 0.4) is 0 Å². The minimum absolute atomic E-state index is 0.393. The highest BCUT2D eigenvalue weighted by atomic mass is 16.5. The third kappa shape index (κ3) is 4.64. The molecule has 0 aliphatic heterocycles. The number of carbonyl (C=O) groups excluding carboxylic acids is 1. The molecule has 0 amide bonds. The lowest BCUT2D eigenvalue weighted by Crippen LogP contribution is -1.92. The van der Waals surface area contributed by atoms with Crippen molar-refractivity contribution in [3.8, 4) is 0 Å². The van der Waals surface area contributed by atoms with E-state index in [0.29, 0.717) is 0 Å². The van der Waals surface area contributed by atoms with Gasteiger partial charge in [0.05, 0.1) is 6.26 Å². The topological polar surface area (TPSA) is 26.3 Å². The normalized spacial score (nSPS) is 10.9. The van der Waals surface area contributed by atoms with Gasteiger partial charge in [-0.25, -0.2) is 4.79 Å². The Bertz CT molecular complexity index is 569. The van der Waals surface area contributed by atoms with Crippen molar-refractivity contribution in [2.75, 3.05) is 0 Å². The van der Waals surface area contributed by atoms with Crippen LogP contribution < -0.4 is 0 Å². The van der Waals surface area contributed by atoms with Crippen molar-refractivity contribution >= 4 is 18.1 Å². The summed E-state index contributed by atoms with van der Waals surface area (Å²) in [6.45, 7) is 0. The highest BCUT2D eigenvalue weighted by Gasteiger charge is 1.93. The van der Waals surface area contributed by atoms with E-state index in [1.807, 2.05) is 60.7 Å². The molecular weight excluding hydrogens is 236 g/mol. The van der Waals surface area contributed by atoms with E-state index in [2.05, 4.69) is 0 Å². The summed E-state index contributed by atoms with van der Waals surface area (Å²) in [6.07, 6.45) is 6.27. The van der Waals surface area contributed by atoms with E-state index >= 15 is 0 Å². The molecule has 0 radical (unpaired) electrons. The lowest BCUT2D eigenvalue weighted by atomic mass is 10.2. The maximum atomic E-state index is 11.4. The van der Waals surface area contributed by atoms with Crippen LogP contribution in [0.1, 0.15) is 11.1 Å². The van der Waals surface area contributed by atoms with Crippen molar-refractivity contribution in [1.82, 2.24) is 0 Å². The molecule has 19 heavy (non-hydrogen) atoms. The SMILES string of the molecule is O=C(/C=C/c1ccccc1)OC=Cc1ccccc1. The third-order valence-corrected chi connectivity index (χ3v) is 2.46. The molecule has 0 atom stereocenters. The van der Waals surface area contributed by atoms with Gasteiger partial charge in [0.15, 0.2) is 0 Å². The van der Waals surface area contributed by atoms with Gasteiger partial charge < -0.3 is 4.74 Å². The van der Waals surface area contributed by atoms with Crippen molar-refractivity contribution in [3.63, 3.8) is 0 Å². The van der Waals surface area contributed by atoms with Crippen molar-refractivity contribution in [2.45, 2.75) is 0 Å². The van der Waals surface area contributed by atoms with Crippen LogP contribution in [0, 0.1) is 0 Å². The van der Waals surface area contributed by atoms with E-state index in [1.165, 1.54) is 12.3 Å². The van der Waals surface area contributed by atoms with Gasteiger partial charge in [0.2, 0.25) is 0 Å². The minimum atomic E-state index is -0.393. The van der Waals surface area contributed by atoms with E-state index in [9.17, 15) is 4.79 Å². The minimum Gasteiger partial charge on any atom is -0.431 e.